The molecule has 114 valence electrons. The number of H-pyrrole nitrogens is 1. The highest BCUT2D eigenvalue weighted by Gasteiger charge is 2.20. The van der Waals surface area contributed by atoms with Crippen molar-refractivity contribution < 1.29 is 9.90 Å². The standard InChI is InChI=1S/C16H12N4O3/c21-15-13(18-17-11-7-3-1-4-8-11)14(16(22)23)19-20(15)12-9-5-2-6-10-12/h1-10,19H,(H,22,23). The Morgan fingerprint density at radius 1 is 0.957 bits per heavy atom. The normalized spacial score (nSPS) is 11.0. The van der Waals surface area contributed by atoms with Crippen LogP contribution in [0.2, 0.25) is 0 Å². The summed E-state index contributed by atoms with van der Waals surface area (Å²) in [6, 6.07) is 17.4. The lowest BCUT2D eigenvalue weighted by Gasteiger charge is -1.99. The third kappa shape index (κ3) is 2.93. The fourth-order valence-corrected chi connectivity index (χ4v) is 2.03. The Kier molecular flexibility index (Phi) is 3.84. The average Bonchev–Trinajstić information content (AvgIpc) is 2.92. The number of aromatic nitrogens is 2. The molecule has 1 aromatic heterocycles. The van der Waals surface area contributed by atoms with E-state index in [1.807, 2.05) is 6.07 Å². The van der Waals surface area contributed by atoms with Gasteiger partial charge in [-0.2, -0.15) is 5.11 Å². The van der Waals surface area contributed by atoms with E-state index in [1.54, 1.807) is 54.6 Å². The second-order valence-corrected chi connectivity index (χ2v) is 4.65. The fourth-order valence-electron chi connectivity index (χ4n) is 2.03. The summed E-state index contributed by atoms with van der Waals surface area (Å²) in [6.45, 7) is 0. The monoisotopic (exact) mass is 308 g/mol. The lowest BCUT2D eigenvalue weighted by molar-refractivity contribution is 0.0691. The molecule has 3 aromatic rings. The molecule has 3 rings (SSSR count). The molecule has 0 aliphatic rings. The first-order chi connectivity index (χ1) is 11.2. The van der Waals surface area contributed by atoms with E-state index in [1.165, 1.54) is 0 Å². The zero-order valence-electron chi connectivity index (χ0n) is 11.9. The third-order valence-electron chi connectivity index (χ3n) is 3.12. The van der Waals surface area contributed by atoms with Gasteiger partial charge in [-0.25, -0.2) is 9.48 Å². The number of azo groups is 1. The predicted molar refractivity (Wildman–Crippen MR) is 84.0 cm³/mol. The van der Waals surface area contributed by atoms with Crippen molar-refractivity contribution in [3.63, 3.8) is 0 Å². The second-order valence-electron chi connectivity index (χ2n) is 4.65. The van der Waals surface area contributed by atoms with Gasteiger partial charge >= 0.3 is 5.97 Å². The van der Waals surface area contributed by atoms with Crippen LogP contribution in [-0.4, -0.2) is 20.9 Å². The minimum absolute atomic E-state index is 0.245. The van der Waals surface area contributed by atoms with Gasteiger partial charge in [-0.05, 0) is 24.3 Å². The summed E-state index contributed by atoms with van der Waals surface area (Å²) < 4.78 is 1.13. The second kappa shape index (κ2) is 6.10. The fraction of sp³-hybridized carbons (Fsp3) is 0. The van der Waals surface area contributed by atoms with Crippen molar-refractivity contribution >= 4 is 17.3 Å². The molecule has 2 aromatic carbocycles. The van der Waals surface area contributed by atoms with Crippen molar-refractivity contribution in [3.8, 4) is 5.69 Å². The van der Waals surface area contributed by atoms with Crippen molar-refractivity contribution in [2.45, 2.75) is 0 Å². The van der Waals surface area contributed by atoms with Crippen LogP contribution < -0.4 is 5.56 Å². The van der Waals surface area contributed by atoms with E-state index in [-0.39, 0.29) is 11.4 Å². The predicted octanol–water partition coefficient (Wildman–Crippen LogP) is 3.28. The van der Waals surface area contributed by atoms with Gasteiger partial charge in [0.25, 0.3) is 5.56 Å². The van der Waals surface area contributed by atoms with Crippen molar-refractivity contribution in [3.05, 3.63) is 76.7 Å². The number of carboxylic acid groups (broad SMARTS) is 1. The molecule has 0 aliphatic heterocycles. The van der Waals surface area contributed by atoms with Crippen LogP contribution in [0.1, 0.15) is 10.5 Å². The highest BCUT2D eigenvalue weighted by Crippen LogP contribution is 2.19. The molecule has 2 N–H and O–H groups in total. The molecule has 0 saturated carbocycles. The number of hydrogen-bond acceptors (Lipinski definition) is 4. The molecule has 0 radical (unpaired) electrons. The van der Waals surface area contributed by atoms with Crippen LogP contribution in [0.4, 0.5) is 11.4 Å². The van der Waals surface area contributed by atoms with Crippen LogP contribution in [0, 0.1) is 0 Å². The summed E-state index contributed by atoms with van der Waals surface area (Å²) in [5, 5.41) is 19.6. The minimum Gasteiger partial charge on any atom is -0.476 e. The first-order valence-corrected chi connectivity index (χ1v) is 6.77. The van der Waals surface area contributed by atoms with Crippen molar-refractivity contribution in [2.24, 2.45) is 10.2 Å². The molecule has 7 heteroatoms. The maximum absolute atomic E-state index is 12.4. The number of carboxylic acids is 1. The molecule has 1 heterocycles. The van der Waals surface area contributed by atoms with Crippen LogP contribution in [0.3, 0.4) is 0 Å². The first-order valence-electron chi connectivity index (χ1n) is 6.77. The number of para-hydroxylation sites is 1. The van der Waals surface area contributed by atoms with Gasteiger partial charge in [0.1, 0.15) is 0 Å². The van der Waals surface area contributed by atoms with Crippen LogP contribution in [0.25, 0.3) is 5.69 Å². The van der Waals surface area contributed by atoms with Gasteiger partial charge in [0.15, 0.2) is 11.4 Å². The number of carbonyl (C=O) groups is 1. The lowest BCUT2D eigenvalue weighted by atomic mass is 10.3. The van der Waals surface area contributed by atoms with Gasteiger partial charge < -0.3 is 5.11 Å². The summed E-state index contributed by atoms with van der Waals surface area (Å²) in [4.78, 5) is 23.8. The maximum Gasteiger partial charge on any atom is 0.356 e. The molecule has 0 saturated heterocycles. The molecule has 0 unspecified atom stereocenters. The minimum atomic E-state index is -1.28. The number of rotatable bonds is 4. The summed E-state index contributed by atoms with van der Waals surface area (Å²) >= 11 is 0. The smallest absolute Gasteiger partial charge is 0.356 e. The summed E-state index contributed by atoms with van der Waals surface area (Å²) in [7, 11) is 0. The topological polar surface area (TPSA) is 99.8 Å². The number of benzene rings is 2. The van der Waals surface area contributed by atoms with E-state index in [9.17, 15) is 14.7 Å². The number of nitrogens with zero attached hydrogens (tertiary/aromatic N) is 3. The number of nitrogens with one attached hydrogen (secondary N) is 1. The molecule has 0 spiro atoms. The molecule has 0 bridgehead atoms. The Labute approximate surface area is 130 Å². The number of aromatic amines is 1. The van der Waals surface area contributed by atoms with E-state index in [0.29, 0.717) is 11.4 Å². The summed E-state index contributed by atoms with van der Waals surface area (Å²) in [5.74, 6) is -1.28. The molecule has 23 heavy (non-hydrogen) atoms. The molecular weight excluding hydrogens is 296 g/mol. The van der Waals surface area contributed by atoms with E-state index in [4.69, 9.17) is 0 Å². The Bertz CT molecular complexity index is 912. The lowest BCUT2D eigenvalue weighted by Crippen LogP contribution is -2.13. The van der Waals surface area contributed by atoms with Crippen molar-refractivity contribution in [1.29, 1.82) is 0 Å². The number of hydrogen-bond donors (Lipinski definition) is 2. The van der Waals surface area contributed by atoms with Crippen LogP contribution in [-0.2, 0) is 0 Å². The molecule has 0 atom stereocenters. The van der Waals surface area contributed by atoms with E-state index in [2.05, 4.69) is 15.3 Å². The molecule has 7 nitrogen and oxygen atoms in total. The zero-order valence-corrected chi connectivity index (χ0v) is 11.9. The zero-order chi connectivity index (χ0) is 16.2. The van der Waals surface area contributed by atoms with E-state index < -0.39 is 11.5 Å². The Morgan fingerprint density at radius 2 is 1.57 bits per heavy atom. The highest BCUT2D eigenvalue weighted by molar-refractivity contribution is 5.90. The Morgan fingerprint density at radius 3 is 2.17 bits per heavy atom. The van der Waals surface area contributed by atoms with E-state index >= 15 is 0 Å². The van der Waals surface area contributed by atoms with Gasteiger partial charge in [-0.15, -0.1) is 5.11 Å². The Hall–Kier alpha value is -3.48. The highest BCUT2D eigenvalue weighted by atomic mass is 16.4. The van der Waals surface area contributed by atoms with Gasteiger partial charge in [0.05, 0.1) is 11.4 Å². The van der Waals surface area contributed by atoms with Gasteiger partial charge in [0, 0.05) is 0 Å². The molecular formula is C16H12N4O3. The van der Waals surface area contributed by atoms with Crippen molar-refractivity contribution in [2.75, 3.05) is 0 Å². The van der Waals surface area contributed by atoms with Crippen LogP contribution in [0.5, 0.6) is 0 Å². The summed E-state index contributed by atoms with van der Waals surface area (Å²) in [5.41, 5.74) is -0.0890. The van der Waals surface area contributed by atoms with Gasteiger partial charge in [-0.1, -0.05) is 36.4 Å². The quantitative estimate of drug-likeness (QED) is 0.723. The average molecular weight is 308 g/mol. The number of aromatic carboxylic acids is 1. The summed E-state index contributed by atoms with van der Waals surface area (Å²) in [6.07, 6.45) is 0. The van der Waals surface area contributed by atoms with Crippen LogP contribution >= 0.6 is 0 Å². The largest absolute Gasteiger partial charge is 0.476 e. The van der Waals surface area contributed by atoms with Gasteiger partial charge in [-0.3, -0.25) is 9.89 Å². The third-order valence-corrected chi connectivity index (χ3v) is 3.12. The molecule has 0 amide bonds. The van der Waals surface area contributed by atoms with Crippen LogP contribution in [0.15, 0.2) is 75.7 Å². The Balaban J connectivity index is 2.09. The van der Waals surface area contributed by atoms with Gasteiger partial charge in [0.2, 0.25) is 0 Å². The van der Waals surface area contributed by atoms with E-state index in [0.717, 1.165) is 4.68 Å². The first kappa shape index (κ1) is 14.5. The SMILES string of the molecule is O=C(O)c1[nH]n(-c2ccccc2)c(=O)c1N=Nc1ccccc1. The molecule has 0 aliphatic carbocycles. The van der Waals surface area contributed by atoms with Crippen molar-refractivity contribution in [1.82, 2.24) is 9.78 Å². The molecule has 0 fully saturated rings. The maximum atomic E-state index is 12.4.